The summed E-state index contributed by atoms with van der Waals surface area (Å²) in [6.45, 7) is 5.70. The van der Waals surface area contributed by atoms with Crippen molar-refractivity contribution in [3.8, 4) is 0 Å². The van der Waals surface area contributed by atoms with Gasteiger partial charge in [0.05, 0.1) is 25.4 Å². The number of hydrogen-bond acceptors (Lipinski definition) is 10. The van der Waals surface area contributed by atoms with Gasteiger partial charge in [-0.05, 0) is 96.3 Å². The van der Waals surface area contributed by atoms with E-state index in [0.29, 0.717) is 12.8 Å². The molecule has 492 valence electrons. The lowest BCUT2D eigenvalue weighted by atomic mass is 9.99. The molecule has 1 rings (SSSR count). The number of amides is 1. The van der Waals surface area contributed by atoms with Crippen molar-refractivity contribution < 1.29 is 49.3 Å². The standard InChI is InChI=1S/C74H131NO10/c1-4-7-10-13-16-19-22-25-27-29-30-31-32-33-34-35-36-37-39-40-43-46-49-52-55-58-61-67(78)73(82)75-65(66(77)60-57-54-51-48-45-42-24-21-18-15-12-9-6-3)64-83-74-72(71(81)70(80)68(63-76)84-74)85-69(79)62-59-56-53-50-47-44-41-38-28-26-23-20-17-14-11-8-5-2/h7,10,16,19,25-28,30-31,33-34,57,60,65-68,70-72,74,76-78,80-81H,4-6,8-9,11-15,17-18,20-24,29,32,35-56,58-59,61-64H2,1-3H3,(H,75,82)/b10-7-,19-16-,27-25-,28-26+,31-30-,34-33-,60-57+. The van der Waals surface area contributed by atoms with Gasteiger partial charge in [0.25, 0.3) is 0 Å². The fourth-order valence-corrected chi connectivity index (χ4v) is 10.7. The molecule has 1 amide bonds. The Morgan fingerprint density at radius 2 is 0.847 bits per heavy atom. The third-order valence-corrected chi connectivity index (χ3v) is 16.3. The fraction of sp³-hybridized carbons (Fsp3) is 0.784. The Hall–Kier alpha value is -3.16. The first-order valence-electron chi connectivity index (χ1n) is 35.4. The smallest absolute Gasteiger partial charge is 0.306 e. The number of carbonyl (C=O) groups is 2. The van der Waals surface area contributed by atoms with Crippen LogP contribution < -0.4 is 5.32 Å². The molecule has 11 heteroatoms. The van der Waals surface area contributed by atoms with E-state index < -0.39 is 67.4 Å². The molecule has 1 aliphatic rings. The Bertz CT molecular complexity index is 1710. The van der Waals surface area contributed by atoms with Crippen molar-refractivity contribution in [2.75, 3.05) is 13.2 Å². The van der Waals surface area contributed by atoms with Gasteiger partial charge in [0, 0.05) is 6.42 Å². The fourth-order valence-electron chi connectivity index (χ4n) is 10.7. The molecule has 85 heavy (non-hydrogen) atoms. The van der Waals surface area contributed by atoms with Crippen LogP contribution in [-0.2, 0) is 23.8 Å². The molecule has 1 aliphatic heterocycles. The SMILES string of the molecule is CC/C=C\C/C=C\C/C=C\C/C=C\C/C=C\CCCCCCCCCCCCC(O)C(=O)NC(COC1OC(CO)C(O)C(O)C1OC(=O)CCCCCCCCC/C=C/CCCCCCCC)C(O)/C=C/CCCCCCCCCCCCC. The molecular weight excluding hydrogens is 1060 g/mol. The molecule has 0 bridgehead atoms. The maximum atomic E-state index is 13.5. The van der Waals surface area contributed by atoms with E-state index in [1.807, 2.05) is 6.08 Å². The van der Waals surface area contributed by atoms with E-state index in [-0.39, 0.29) is 19.4 Å². The minimum absolute atomic E-state index is 0.117. The van der Waals surface area contributed by atoms with Crippen molar-refractivity contribution in [1.29, 1.82) is 0 Å². The Morgan fingerprint density at radius 3 is 1.28 bits per heavy atom. The second-order valence-corrected chi connectivity index (χ2v) is 24.2. The van der Waals surface area contributed by atoms with Crippen molar-refractivity contribution in [3.05, 3.63) is 85.1 Å². The lowest BCUT2D eigenvalue weighted by Gasteiger charge is -2.41. The van der Waals surface area contributed by atoms with Gasteiger partial charge in [0.1, 0.15) is 24.4 Å². The first-order valence-corrected chi connectivity index (χ1v) is 35.4. The van der Waals surface area contributed by atoms with Gasteiger partial charge < -0.3 is 45.1 Å². The van der Waals surface area contributed by atoms with Crippen molar-refractivity contribution >= 4 is 11.9 Å². The number of rotatable bonds is 60. The van der Waals surface area contributed by atoms with Crippen molar-refractivity contribution in [2.45, 2.75) is 359 Å². The summed E-state index contributed by atoms with van der Waals surface area (Å²) in [5.74, 6) is -1.20. The van der Waals surface area contributed by atoms with Crippen LogP contribution >= 0.6 is 0 Å². The van der Waals surface area contributed by atoms with E-state index in [4.69, 9.17) is 14.2 Å². The molecule has 0 aromatic carbocycles. The van der Waals surface area contributed by atoms with E-state index in [0.717, 1.165) is 109 Å². The number of carbonyl (C=O) groups excluding carboxylic acids is 2. The van der Waals surface area contributed by atoms with Gasteiger partial charge >= 0.3 is 5.97 Å². The largest absolute Gasteiger partial charge is 0.454 e. The van der Waals surface area contributed by atoms with Crippen LogP contribution in [0.2, 0.25) is 0 Å². The molecule has 0 radical (unpaired) electrons. The van der Waals surface area contributed by atoms with Crippen LogP contribution in [0.4, 0.5) is 0 Å². The normalized spacial score (nSPS) is 18.9. The summed E-state index contributed by atoms with van der Waals surface area (Å²) in [6, 6.07) is -1.03. The van der Waals surface area contributed by atoms with Crippen LogP contribution in [0, 0.1) is 0 Å². The number of nitrogens with one attached hydrogen (secondary N) is 1. The van der Waals surface area contributed by atoms with Crippen molar-refractivity contribution in [2.24, 2.45) is 0 Å². The quantitative estimate of drug-likeness (QED) is 0.0195. The molecule has 0 aromatic heterocycles. The number of allylic oxidation sites excluding steroid dienone is 13. The summed E-state index contributed by atoms with van der Waals surface area (Å²) in [4.78, 5) is 26.7. The maximum absolute atomic E-state index is 13.5. The van der Waals surface area contributed by atoms with Gasteiger partial charge in [-0.25, -0.2) is 0 Å². The molecular formula is C74H131NO10. The van der Waals surface area contributed by atoms with Gasteiger partial charge in [-0.15, -0.1) is 0 Å². The molecule has 11 nitrogen and oxygen atoms in total. The van der Waals surface area contributed by atoms with Crippen LogP contribution in [0.15, 0.2) is 85.1 Å². The predicted octanol–water partition coefficient (Wildman–Crippen LogP) is 18.1. The van der Waals surface area contributed by atoms with Gasteiger partial charge in [0.15, 0.2) is 12.4 Å². The van der Waals surface area contributed by atoms with Crippen LogP contribution in [0.25, 0.3) is 0 Å². The van der Waals surface area contributed by atoms with Gasteiger partial charge in [0.2, 0.25) is 5.91 Å². The average molecular weight is 1190 g/mol. The molecule has 0 aromatic rings. The van der Waals surface area contributed by atoms with Crippen molar-refractivity contribution in [1.82, 2.24) is 5.32 Å². The maximum Gasteiger partial charge on any atom is 0.306 e. The van der Waals surface area contributed by atoms with Crippen LogP contribution in [-0.4, -0.2) is 99.6 Å². The summed E-state index contributed by atoms with van der Waals surface area (Å²) in [5, 5.41) is 57.2. The van der Waals surface area contributed by atoms with Crippen LogP contribution in [0.5, 0.6) is 0 Å². The molecule has 6 N–H and O–H groups in total. The third-order valence-electron chi connectivity index (χ3n) is 16.3. The lowest BCUT2D eigenvalue weighted by Crippen LogP contribution is -2.61. The highest BCUT2D eigenvalue weighted by molar-refractivity contribution is 5.80. The second-order valence-electron chi connectivity index (χ2n) is 24.2. The van der Waals surface area contributed by atoms with E-state index in [1.54, 1.807) is 6.08 Å². The molecule has 1 heterocycles. The summed E-state index contributed by atoms with van der Waals surface area (Å²) < 4.78 is 17.7. The number of esters is 1. The second kappa shape index (κ2) is 61.1. The number of aliphatic hydroxyl groups is 5. The molecule has 0 saturated carbocycles. The summed E-state index contributed by atoms with van der Waals surface area (Å²) in [6.07, 6.45) is 70.4. The van der Waals surface area contributed by atoms with E-state index in [1.165, 1.54) is 154 Å². The number of ether oxygens (including phenoxy) is 3. The van der Waals surface area contributed by atoms with Gasteiger partial charge in [-0.3, -0.25) is 9.59 Å². The van der Waals surface area contributed by atoms with Crippen LogP contribution in [0.1, 0.15) is 310 Å². The van der Waals surface area contributed by atoms with E-state index in [2.05, 4.69) is 99.0 Å². The molecule has 1 fully saturated rings. The third kappa shape index (κ3) is 48.4. The molecule has 8 atom stereocenters. The molecule has 0 spiro atoms. The first-order chi connectivity index (χ1) is 41.7. The zero-order chi connectivity index (χ0) is 61.7. The summed E-state index contributed by atoms with van der Waals surface area (Å²) >= 11 is 0. The Labute approximate surface area is 521 Å². The molecule has 1 saturated heterocycles. The monoisotopic (exact) mass is 1190 g/mol. The molecule has 8 unspecified atom stereocenters. The summed E-state index contributed by atoms with van der Waals surface area (Å²) in [5.41, 5.74) is 0. The highest BCUT2D eigenvalue weighted by atomic mass is 16.7. The minimum atomic E-state index is -1.62. The highest BCUT2D eigenvalue weighted by Crippen LogP contribution is 2.26. The van der Waals surface area contributed by atoms with Crippen LogP contribution in [0.3, 0.4) is 0 Å². The summed E-state index contributed by atoms with van der Waals surface area (Å²) in [7, 11) is 0. The highest BCUT2D eigenvalue weighted by Gasteiger charge is 2.47. The Kier molecular flexibility index (Phi) is 57.4. The topological polar surface area (TPSA) is 175 Å². The lowest BCUT2D eigenvalue weighted by molar-refractivity contribution is -0.305. The zero-order valence-corrected chi connectivity index (χ0v) is 54.7. The number of aliphatic hydroxyl groups excluding tert-OH is 5. The van der Waals surface area contributed by atoms with E-state index >= 15 is 0 Å². The molecule has 0 aliphatic carbocycles. The van der Waals surface area contributed by atoms with Gasteiger partial charge in [-0.1, -0.05) is 292 Å². The van der Waals surface area contributed by atoms with Crippen molar-refractivity contribution in [3.63, 3.8) is 0 Å². The minimum Gasteiger partial charge on any atom is -0.454 e. The number of unbranched alkanes of at least 4 members (excludes halogenated alkanes) is 34. The average Bonchev–Trinajstić information content (AvgIpc) is 3.22. The number of hydrogen-bond donors (Lipinski definition) is 6. The first kappa shape index (κ1) is 79.9. The zero-order valence-electron chi connectivity index (χ0n) is 54.7. The van der Waals surface area contributed by atoms with E-state index in [9.17, 15) is 35.1 Å². The van der Waals surface area contributed by atoms with Gasteiger partial charge in [-0.2, -0.15) is 0 Å². The Morgan fingerprint density at radius 1 is 0.471 bits per heavy atom. The Balaban J connectivity index is 2.59. The predicted molar refractivity (Wildman–Crippen MR) is 356 cm³/mol.